The normalized spacial score (nSPS) is 22.6. The summed E-state index contributed by atoms with van der Waals surface area (Å²) in [5, 5.41) is 0.169. The standard InChI is InChI=1S/C15H22N2O2S/c1-11-14(18)17(10-9-16(2)3)15(20-11)12-5-7-13(19-4)8-6-12/h5-8,11,15H,9-10H2,1-4H3/p+1/t11-,15+/m1/s1. The van der Waals surface area contributed by atoms with Crippen molar-refractivity contribution in [2.24, 2.45) is 0 Å². The van der Waals surface area contributed by atoms with E-state index in [2.05, 4.69) is 26.2 Å². The molecule has 0 aromatic heterocycles. The fourth-order valence-electron chi connectivity index (χ4n) is 2.27. The Hall–Kier alpha value is -1.20. The summed E-state index contributed by atoms with van der Waals surface area (Å²) < 4.78 is 5.19. The van der Waals surface area contributed by atoms with E-state index in [1.165, 1.54) is 10.5 Å². The number of nitrogens with one attached hydrogen (secondary N) is 1. The van der Waals surface area contributed by atoms with Gasteiger partial charge in [0.1, 0.15) is 11.1 Å². The average Bonchev–Trinajstić information content (AvgIpc) is 2.72. The third kappa shape index (κ3) is 3.27. The highest BCUT2D eigenvalue weighted by Crippen LogP contribution is 2.42. The van der Waals surface area contributed by atoms with Crippen LogP contribution in [-0.2, 0) is 4.79 Å². The maximum absolute atomic E-state index is 12.3. The zero-order chi connectivity index (χ0) is 14.7. The van der Waals surface area contributed by atoms with Gasteiger partial charge in [-0.15, -0.1) is 11.8 Å². The van der Waals surface area contributed by atoms with Gasteiger partial charge in [0, 0.05) is 0 Å². The molecule has 20 heavy (non-hydrogen) atoms. The number of methoxy groups -OCH3 is 1. The van der Waals surface area contributed by atoms with Gasteiger partial charge in [-0.05, 0) is 24.6 Å². The fourth-order valence-corrected chi connectivity index (χ4v) is 3.58. The van der Waals surface area contributed by atoms with Crippen molar-refractivity contribution < 1.29 is 14.4 Å². The molecule has 1 aliphatic rings. The molecule has 0 spiro atoms. The van der Waals surface area contributed by atoms with Gasteiger partial charge in [0.2, 0.25) is 5.91 Å². The van der Waals surface area contributed by atoms with Crippen LogP contribution in [0.3, 0.4) is 0 Å². The average molecular weight is 295 g/mol. The minimum atomic E-state index is 0.0410. The smallest absolute Gasteiger partial charge is 0.236 e. The minimum Gasteiger partial charge on any atom is -0.497 e. The van der Waals surface area contributed by atoms with Crippen LogP contribution in [0.25, 0.3) is 0 Å². The van der Waals surface area contributed by atoms with Crippen LogP contribution in [0, 0.1) is 0 Å². The monoisotopic (exact) mass is 295 g/mol. The summed E-state index contributed by atoms with van der Waals surface area (Å²) in [6.07, 6.45) is 0. The summed E-state index contributed by atoms with van der Waals surface area (Å²) in [7, 11) is 5.89. The quantitative estimate of drug-likeness (QED) is 0.872. The molecule has 5 heteroatoms. The van der Waals surface area contributed by atoms with E-state index >= 15 is 0 Å². The van der Waals surface area contributed by atoms with Crippen LogP contribution >= 0.6 is 11.8 Å². The van der Waals surface area contributed by atoms with Gasteiger partial charge >= 0.3 is 0 Å². The van der Waals surface area contributed by atoms with Crippen molar-refractivity contribution >= 4 is 17.7 Å². The van der Waals surface area contributed by atoms with Crippen molar-refractivity contribution in [3.05, 3.63) is 29.8 Å². The first-order chi connectivity index (χ1) is 9.52. The third-order valence-electron chi connectivity index (χ3n) is 3.50. The number of nitrogens with zero attached hydrogens (tertiary/aromatic N) is 1. The van der Waals surface area contributed by atoms with E-state index in [1.54, 1.807) is 18.9 Å². The van der Waals surface area contributed by atoms with E-state index in [4.69, 9.17) is 4.74 Å². The van der Waals surface area contributed by atoms with E-state index in [0.29, 0.717) is 0 Å². The summed E-state index contributed by atoms with van der Waals surface area (Å²) in [5.74, 6) is 1.09. The zero-order valence-corrected chi connectivity index (χ0v) is 13.4. The van der Waals surface area contributed by atoms with E-state index < -0.39 is 0 Å². The van der Waals surface area contributed by atoms with E-state index in [9.17, 15) is 4.79 Å². The molecule has 0 unspecified atom stereocenters. The first-order valence-corrected chi connectivity index (χ1v) is 7.86. The van der Waals surface area contributed by atoms with E-state index in [0.717, 1.165) is 18.8 Å². The maximum Gasteiger partial charge on any atom is 0.236 e. The van der Waals surface area contributed by atoms with Gasteiger partial charge < -0.3 is 14.5 Å². The summed E-state index contributed by atoms with van der Waals surface area (Å²) in [6, 6.07) is 8.02. The molecule has 1 fully saturated rings. The lowest BCUT2D eigenvalue weighted by molar-refractivity contribution is -0.857. The molecule has 0 bridgehead atoms. The van der Waals surface area contributed by atoms with Crippen LogP contribution in [0.5, 0.6) is 5.75 Å². The van der Waals surface area contributed by atoms with Gasteiger partial charge in [0.05, 0.1) is 39.5 Å². The molecule has 1 saturated heterocycles. The number of carbonyl (C=O) groups excluding carboxylic acids is 1. The first kappa shape index (κ1) is 15.2. The lowest BCUT2D eigenvalue weighted by Gasteiger charge is -2.24. The second-order valence-corrected chi connectivity index (χ2v) is 6.82. The predicted octanol–water partition coefficient (Wildman–Crippen LogP) is 0.802. The van der Waals surface area contributed by atoms with Crippen molar-refractivity contribution in [1.29, 1.82) is 0 Å². The Kier molecular flexibility index (Phi) is 4.94. The Labute approximate surface area is 125 Å². The number of amides is 1. The highest BCUT2D eigenvalue weighted by Gasteiger charge is 2.38. The number of ether oxygens (including phenoxy) is 1. The van der Waals surface area contributed by atoms with Crippen molar-refractivity contribution in [2.45, 2.75) is 17.5 Å². The molecule has 1 amide bonds. The SMILES string of the molecule is COc1ccc([C@@H]2S[C@H](C)C(=O)N2CC[NH+](C)C)cc1. The highest BCUT2D eigenvalue weighted by atomic mass is 32.2. The molecule has 0 aliphatic carbocycles. The zero-order valence-electron chi connectivity index (χ0n) is 12.6. The van der Waals surface area contributed by atoms with E-state index in [-0.39, 0.29) is 16.5 Å². The lowest BCUT2D eigenvalue weighted by atomic mass is 10.2. The molecule has 2 rings (SSSR count). The molecule has 1 aliphatic heterocycles. The van der Waals surface area contributed by atoms with Crippen LogP contribution in [-0.4, -0.2) is 50.4 Å². The maximum atomic E-state index is 12.3. The summed E-state index contributed by atoms with van der Waals surface area (Å²) in [4.78, 5) is 15.7. The lowest BCUT2D eigenvalue weighted by Crippen LogP contribution is -3.06. The molecule has 1 heterocycles. The van der Waals surface area contributed by atoms with Gasteiger partial charge in [0.15, 0.2) is 0 Å². The highest BCUT2D eigenvalue weighted by molar-refractivity contribution is 8.01. The van der Waals surface area contributed by atoms with Gasteiger partial charge in [-0.25, -0.2) is 0 Å². The molecular weight excluding hydrogens is 272 g/mol. The van der Waals surface area contributed by atoms with Crippen LogP contribution in [0.2, 0.25) is 0 Å². The molecule has 2 atom stereocenters. The molecule has 1 aromatic rings. The van der Waals surface area contributed by atoms with Gasteiger partial charge in [-0.1, -0.05) is 12.1 Å². The number of carbonyl (C=O) groups is 1. The minimum absolute atomic E-state index is 0.0410. The number of likely N-dealkylation sites (N-methyl/N-ethyl adjacent to an activating group) is 1. The second kappa shape index (κ2) is 6.50. The van der Waals surface area contributed by atoms with Crippen molar-refractivity contribution in [3.63, 3.8) is 0 Å². The van der Waals surface area contributed by atoms with Gasteiger partial charge in [-0.3, -0.25) is 4.79 Å². The second-order valence-electron chi connectivity index (χ2n) is 5.39. The van der Waals surface area contributed by atoms with Crippen molar-refractivity contribution in [1.82, 2.24) is 4.90 Å². The number of quaternary nitrogens is 1. The van der Waals surface area contributed by atoms with Crippen LogP contribution in [0.4, 0.5) is 0 Å². The number of benzene rings is 1. The van der Waals surface area contributed by atoms with E-state index in [1.807, 2.05) is 24.0 Å². The first-order valence-electron chi connectivity index (χ1n) is 6.92. The predicted molar refractivity (Wildman–Crippen MR) is 82.2 cm³/mol. The molecule has 4 nitrogen and oxygen atoms in total. The number of hydrogen-bond donors (Lipinski definition) is 1. The molecular formula is C15H23N2O2S+. The van der Waals surface area contributed by atoms with Crippen molar-refractivity contribution in [2.75, 3.05) is 34.3 Å². The Morgan fingerprint density at radius 2 is 1.95 bits per heavy atom. The molecule has 0 saturated carbocycles. The molecule has 0 radical (unpaired) electrons. The van der Waals surface area contributed by atoms with Gasteiger partial charge in [0.25, 0.3) is 0 Å². The topological polar surface area (TPSA) is 34.0 Å². The number of thioether (sulfide) groups is 1. The van der Waals surface area contributed by atoms with Crippen LogP contribution in [0.15, 0.2) is 24.3 Å². The Balaban J connectivity index is 2.16. The molecule has 1 N–H and O–H groups in total. The largest absolute Gasteiger partial charge is 0.497 e. The van der Waals surface area contributed by atoms with Crippen LogP contribution < -0.4 is 9.64 Å². The number of hydrogen-bond acceptors (Lipinski definition) is 3. The molecule has 1 aromatic carbocycles. The van der Waals surface area contributed by atoms with Gasteiger partial charge in [-0.2, -0.15) is 0 Å². The third-order valence-corrected chi connectivity index (χ3v) is 4.89. The summed E-state index contributed by atoms with van der Waals surface area (Å²) >= 11 is 1.73. The summed E-state index contributed by atoms with van der Waals surface area (Å²) in [6.45, 7) is 3.76. The summed E-state index contributed by atoms with van der Waals surface area (Å²) in [5.41, 5.74) is 1.17. The Morgan fingerprint density at radius 1 is 1.30 bits per heavy atom. The van der Waals surface area contributed by atoms with Crippen molar-refractivity contribution in [3.8, 4) is 5.75 Å². The number of rotatable bonds is 5. The Morgan fingerprint density at radius 3 is 2.50 bits per heavy atom. The Bertz CT molecular complexity index is 461. The van der Waals surface area contributed by atoms with Crippen LogP contribution in [0.1, 0.15) is 17.9 Å². The molecule has 110 valence electrons. The fraction of sp³-hybridized carbons (Fsp3) is 0.533.